The van der Waals surface area contributed by atoms with E-state index in [4.69, 9.17) is 15.7 Å². The number of hydrogen-bond donors (Lipinski definition) is 1. The van der Waals surface area contributed by atoms with Gasteiger partial charge in [0.15, 0.2) is 0 Å². The molecular weight excluding hydrogens is 384 g/mol. The van der Waals surface area contributed by atoms with E-state index in [-0.39, 0.29) is 0 Å². The average Bonchev–Trinajstić information content (AvgIpc) is 3.13. The molecule has 154 valence electrons. The quantitative estimate of drug-likeness (QED) is 0.444. The third-order valence-electron chi connectivity index (χ3n) is 5.54. The molecule has 0 saturated carbocycles. The molecule has 3 aromatic heterocycles. The van der Waals surface area contributed by atoms with Gasteiger partial charge in [-0.2, -0.15) is 0 Å². The van der Waals surface area contributed by atoms with Gasteiger partial charge in [0.1, 0.15) is 0 Å². The van der Waals surface area contributed by atoms with Crippen LogP contribution in [0.25, 0.3) is 44.3 Å². The van der Waals surface area contributed by atoms with Gasteiger partial charge in [0, 0.05) is 54.5 Å². The second kappa shape index (κ2) is 7.49. The molecule has 5 aromatic rings. The maximum absolute atomic E-state index is 6.22. The number of nitrogens with zero attached hydrogens (tertiary/aromatic N) is 5. The summed E-state index contributed by atoms with van der Waals surface area (Å²) in [5.74, 6) is 0. The van der Waals surface area contributed by atoms with Crippen molar-refractivity contribution in [3.8, 4) is 22.4 Å². The molecule has 0 spiro atoms. The molecule has 6 nitrogen and oxygen atoms in total. The lowest BCUT2D eigenvalue weighted by Crippen LogP contribution is -2.11. The summed E-state index contributed by atoms with van der Waals surface area (Å²) in [7, 11) is 6.16. The minimum atomic E-state index is 0.672. The fourth-order valence-electron chi connectivity index (χ4n) is 4.05. The molecule has 0 amide bonds. The standard InChI is InChI=1S/C25H24N6/c1-30(2)15-18-6-8-27-13-21(18)23-14-28-22-12-19(26)11-20(25(22)29-23)17-5-4-16-7-9-31(3)24(16)10-17/h4-14H,15,26H2,1-3H3. The van der Waals surface area contributed by atoms with Gasteiger partial charge in [-0.25, -0.2) is 4.98 Å². The van der Waals surface area contributed by atoms with Crippen molar-refractivity contribution in [3.05, 3.63) is 72.8 Å². The van der Waals surface area contributed by atoms with E-state index in [1.54, 1.807) is 0 Å². The number of benzene rings is 2. The topological polar surface area (TPSA) is 72.9 Å². The highest BCUT2D eigenvalue weighted by atomic mass is 15.0. The number of fused-ring (bicyclic) bond motifs is 2. The lowest BCUT2D eigenvalue weighted by atomic mass is 10.0. The first-order valence-electron chi connectivity index (χ1n) is 10.2. The van der Waals surface area contributed by atoms with Gasteiger partial charge < -0.3 is 15.2 Å². The van der Waals surface area contributed by atoms with Crippen molar-refractivity contribution in [1.29, 1.82) is 0 Å². The van der Waals surface area contributed by atoms with E-state index < -0.39 is 0 Å². The Kier molecular flexibility index (Phi) is 4.64. The fraction of sp³-hybridized carbons (Fsp3) is 0.160. The van der Waals surface area contributed by atoms with E-state index >= 15 is 0 Å². The molecule has 0 aliphatic rings. The van der Waals surface area contributed by atoms with Crippen LogP contribution in [0.5, 0.6) is 0 Å². The molecule has 0 fully saturated rings. The highest BCUT2D eigenvalue weighted by Crippen LogP contribution is 2.33. The third-order valence-corrected chi connectivity index (χ3v) is 5.54. The number of pyridine rings is 1. The van der Waals surface area contributed by atoms with Crippen LogP contribution in [0.2, 0.25) is 0 Å². The van der Waals surface area contributed by atoms with Crippen LogP contribution >= 0.6 is 0 Å². The Balaban J connectivity index is 1.72. The molecule has 6 heteroatoms. The number of nitrogen functional groups attached to an aromatic ring is 1. The molecular formula is C25H24N6. The Bertz CT molecular complexity index is 1420. The van der Waals surface area contributed by atoms with Crippen molar-refractivity contribution < 1.29 is 0 Å². The number of aromatic nitrogens is 4. The van der Waals surface area contributed by atoms with E-state index in [2.05, 4.69) is 66.1 Å². The van der Waals surface area contributed by atoms with Crippen molar-refractivity contribution in [1.82, 2.24) is 24.4 Å². The molecule has 3 heterocycles. The Labute approximate surface area is 181 Å². The highest BCUT2D eigenvalue weighted by molar-refractivity contribution is 5.97. The van der Waals surface area contributed by atoms with Crippen LogP contribution in [0.3, 0.4) is 0 Å². The zero-order chi connectivity index (χ0) is 21.5. The van der Waals surface area contributed by atoms with Crippen LogP contribution < -0.4 is 5.73 Å². The molecule has 0 atom stereocenters. The minimum absolute atomic E-state index is 0.672. The number of nitrogens with two attached hydrogens (primary N) is 1. The first kappa shape index (κ1) is 19.2. The third kappa shape index (κ3) is 3.51. The van der Waals surface area contributed by atoms with Crippen molar-refractivity contribution in [2.24, 2.45) is 7.05 Å². The first-order valence-corrected chi connectivity index (χ1v) is 10.2. The summed E-state index contributed by atoms with van der Waals surface area (Å²) in [6.45, 7) is 0.802. The zero-order valence-electron chi connectivity index (χ0n) is 17.9. The monoisotopic (exact) mass is 408 g/mol. The van der Waals surface area contributed by atoms with E-state index in [0.29, 0.717) is 5.69 Å². The Hall–Kier alpha value is -3.77. The van der Waals surface area contributed by atoms with Gasteiger partial charge in [-0.05, 0) is 60.9 Å². The van der Waals surface area contributed by atoms with E-state index in [1.165, 1.54) is 5.39 Å². The Morgan fingerprint density at radius 1 is 1.00 bits per heavy atom. The fourth-order valence-corrected chi connectivity index (χ4v) is 4.05. The molecule has 2 aromatic carbocycles. The van der Waals surface area contributed by atoms with E-state index in [9.17, 15) is 0 Å². The molecule has 0 aliphatic carbocycles. The van der Waals surface area contributed by atoms with Gasteiger partial charge in [-0.1, -0.05) is 12.1 Å². The first-order chi connectivity index (χ1) is 15.0. The van der Waals surface area contributed by atoms with Gasteiger partial charge in [0.2, 0.25) is 0 Å². The summed E-state index contributed by atoms with van der Waals surface area (Å²) in [5.41, 5.74) is 14.7. The SMILES string of the molecule is CN(C)Cc1ccncc1-c1cnc2cc(N)cc(-c3ccc4ccn(C)c4c3)c2n1. The van der Waals surface area contributed by atoms with E-state index in [0.717, 1.165) is 51.0 Å². The maximum atomic E-state index is 6.22. The largest absolute Gasteiger partial charge is 0.399 e. The highest BCUT2D eigenvalue weighted by Gasteiger charge is 2.14. The van der Waals surface area contributed by atoms with Crippen molar-refractivity contribution >= 4 is 27.6 Å². The van der Waals surface area contributed by atoms with Gasteiger partial charge in [-0.3, -0.25) is 9.97 Å². The summed E-state index contributed by atoms with van der Waals surface area (Å²) in [6.07, 6.45) is 7.56. The summed E-state index contributed by atoms with van der Waals surface area (Å²) < 4.78 is 2.12. The molecule has 2 N–H and O–H groups in total. The number of rotatable bonds is 4. The van der Waals surface area contributed by atoms with Crippen LogP contribution in [-0.4, -0.2) is 38.5 Å². The van der Waals surface area contributed by atoms with Gasteiger partial charge in [0.05, 0.1) is 22.9 Å². The molecule has 0 unspecified atom stereocenters. The summed E-state index contributed by atoms with van der Waals surface area (Å²) in [5, 5.41) is 1.20. The van der Waals surface area contributed by atoms with Gasteiger partial charge >= 0.3 is 0 Å². The molecule has 5 rings (SSSR count). The number of anilines is 1. The summed E-state index contributed by atoms with van der Waals surface area (Å²) in [6, 6.07) is 14.4. The lowest BCUT2D eigenvalue weighted by molar-refractivity contribution is 0.403. The predicted molar refractivity (Wildman–Crippen MR) is 126 cm³/mol. The van der Waals surface area contributed by atoms with Gasteiger partial charge in [0.25, 0.3) is 0 Å². The van der Waals surface area contributed by atoms with Gasteiger partial charge in [-0.15, -0.1) is 0 Å². The van der Waals surface area contributed by atoms with Crippen molar-refractivity contribution in [2.45, 2.75) is 6.54 Å². The normalized spacial score (nSPS) is 11.6. The molecule has 0 radical (unpaired) electrons. The molecule has 0 bridgehead atoms. The van der Waals surface area contributed by atoms with Crippen molar-refractivity contribution in [3.63, 3.8) is 0 Å². The Morgan fingerprint density at radius 3 is 2.71 bits per heavy atom. The smallest absolute Gasteiger partial charge is 0.0974 e. The zero-order valence-corrected chi connectivity index (χ0v) is 17.9. The van der Waals surface area contributed by atoms with Crippen LogP contribution in [0.1, 0.15) is 5.56 Å². The van der Waals surface area contributed by atoms with Crippen LogP contribution in [0, 0.1) is 0 Å². The summed E-state index contributed by atoms with van der Waals surface area (Å²) in [4.78, 5) is 16.2. The molecule has 0 saturated heterocycles. The second-order valence-electron chi connectivity index (χ2n) is 8.16. The number of hydrogen-bond acceptors (Lipinski definition) is 5. The van der Waals surface area contributed by atoms with Crippen LogP contribution in [-0.2, 0) is 13.6 Å². The lowest BCUT2D eigenvalue weighted by Gasteiger charge is -2.14. The molecule has 31 heavy (non-hydrogen) atoms. The van der Waals surface area contributed by atoms with Crippen LogP contribution in [0.15, 0.2) is 67.3 Å². The number of aryl methyl sites for hydroxylation is 1. The van der Waals surface area contributed by atoms with Crippen molar-refractivity contribution in [2.75, 3.05) is 19.8 Å². The Morgan fingerprint density at radius 2 is 1.87 bits per heavy atom. The molecule has 0 aliphatic heterocycles. The predicted octanol–water partition coefficient (Wildman–Crippen LogP) is 4.49. The van der Waals surface area contributed by atoms with E-state index in [1.807, 2.05) is 36.8 Å². The minimum Gasteiger partial charge on any atom is -0.399 e. The maximum Gasteiger partial charge on any atom is 0.0974 e. The average molecular weight is 409 g/mol. The second-order valence-corrected chi connectivity index (χ2v) is 8.16. The van der Waals surface area contributed by atoms with Crippen LogP contribution in [0.4, 0.5) is 5.69 Å². The summed E-state index contributed by atoms with van der Waals surface area (Å²) >= 11 is 0.